The Morgan fingerprint density at radius 1 is 1.30 bits per heavy atom. The standard InChI is InChI=1S/C17H34N2O/c1-14(2)10-15-6-4-8-17(11-15,13-18)19(3)12-16-7-5-9-20-16/h14-16H,4-13,18H2,1-3H3. The summed E-state index contributed by atoms with van der Waals surface area (Å²) < 4.78 is 5.81. The van der Waals surface area contributed by atoms with E-state index in [0.29, 0.717) is 6.10 Å². The monoisotopic (exact) mass is 282 g/mol. The lowest BCUT2D eigenvalue weighted by molar-refractivity contribution is 0.00648. The number of ether oxygens (including phenoxy) is 1. The SMILES string of the molecule is CC(C)CC1CCCC(CN)(N(C)CC2CCCO2)C1. The van der Waals surface area contributed by atoms with Crippen LogP contribution in [0.1, 0.15) is 58.8 Å². The Morgan fingerprint density at radius 2 is 2.10 bits per heavy atom. The van der Waals surface area contributed by atoms with Gasteiger partial charge in [-0.1, -0.05) is 26.7 Å². The maximum absolute atomic E-state index is 6.22. The summed E-state index contributed by atoms with van der Waals surface area (Å²) in [5, 5.41) is 0. The summed E-state index contributed by atoms with van der Waals surface area (Å²) >= 11 is 0. The Labute approximate surface area is 125 Å². The first-order valence-corrected chi connectivity index (χ1v) is 8.58. The topological polar surface area (TPSA) is 38.5 Å². The van der Waals surface area contributed by atoms with E-state index in [4.69, 9.17) is 10.5 Å². The fourth-order valence-electron chi connectivity index (χ4n) is 4.30. The number of hydrogen-bond donors (Lipinski definition) is 1. The van der Waals surface area contributed by atoms with Gasteiger partial charge in [-0.2, -0.15) is 0 Å². The second kappa shape index (κ2) is 7.24. The highest BCUT2D eigenvalue weighted by atomic mass is 16.5. The fraction of sp³-hybridized carbons (Fsp3) is 1.00. The molecule has 0 amide bonds. The molecular formula is C17H34N2O. The second-order valence-electron chi connectivity index (χ2n) is 7.54. The van der Waals surface area contributed by atoms with Crippen molar-refractivity contribution < 1.29 is 4.74 Å². The Bertz CT molecular complexity index is 289. The van der Waals surface area contributed by atoms with Crippen LogP contribution in [0.3, 0.4) is 0 Å². The van der Waals surface area contributed by atoms with Crippen LogP contribution in [0.2, 0.25) is 0 Å². The van der Waals surface area contributed by atoms with Gasteiger partial charge in [0.25, 0.3) is 0 Å². The molecule has 0 aromatic heterocycles. The van der Waals surface area contributed by atoms with Crippen molar-refractivity contribution in [2.75, 3.05) is 26.7 Å². The quantitative estimate of drug-likeness (QED) is 0.814. The van der Waals surface area contributed by atoms with Crippen LogP contribution in [-0.4, -0.2) is 43.3 Å². The molecule has 1 aliphatic carbocycles. The smallest absolute Gasteiger partial charge is 0.0702 e. The van der Waals surface area contributed by atoms with E-state index in [2.05, 4.69) is 25.8 Å². The van der Waals surface area contributed by atoms with E-state index in [1.807, 2.05) is 0 Å². The average Bonchev–Trinajstić information content (AvgIpc) is 2.91. The molecule has 2 fully saturated rings. The van der Waals surface area contributed by atoms with Crippen molar-refractivity contribution in [1.82, 2.24) is 4.90 Å². The van der Waals surface area contributed by atoms with Crippen molar-refractivity contribution in [2.45, 2.75) is 70.4 Å². The minimum Gasteiger partial charge on any atom is -0.377 e. The van der Waals surface area contributed by atoms with Crippen LogP contribution in [0.15, 0.2) is 0 Å². The van der Waals surface area contributed by atoms with E-state index in [1.54, 1.807) is 0 Å². The second-order valence-corrected chi connectivity index (χ2v) is 7.54. The van der Waals surface area contributed by atoms with Gasteiger partial charge in [0.2, 0.25) is 0 Å². The summed E-state index contributed by atoms with van der Waals surface area (Å²) in [6.45, 7) is 7.49. The van der Waals surface area contributed by atoms with Gasteiger partial charge in [-0.05, 0) is 51.0 Å². The molecule has 3 unspecified atom stereocenters. The maximum Gasteiger partial charge on any atom is 0.0702 e. The highest BCUT2D eigenvalue weighted by molar-refractivity contribution is 4.96. The van der Waals surface area contributed by atoms with E-state index < -0.39 is 0 Å². The zero-order valence-electron chi connectivity index (χ0n) is 13.7. The molecule has 1 saturated carbocycles. The molecule has 3 heteroatoms. The van der Waals surface area contributed by atoms with Crippen molar-refractivity contribution in [1.29, 1.82) is 0 Å². The Morgan fingerprint density at radius 3 is 2.70 bits per heavy atom. The Kier molecular flexibility index (Phi) is 5.88. The molecule has 0 spiro atoms. The van der Waals surface area contributed by atoms with Crippen molar-refractivity contribution in [3.63, 3.8) is 0 Å². The lowest BCUT2D eigenvalue weighted by Crippen LogP contribution is -2.56. The third-order valence-corrected chi connectivity index (χ3v) is 5.42. The minimum atomic E-state index is 0.226. The van der Waals surface area contributed by atoms with Crippen molar-refractivity contribution in [3.8, 4) is 0 Å². The molecule has 20 heavy (non-hydrogen) atoms. The predicted octanol–water partition coefficient (Wildman–Crippen LogP) is 3.03. The Balaban J connectivity index is 1.95. The zero-order chi connectivity index (χ0) is 14.6. The first kappa shape index (κ1) is 16.3. The number of hydrogen-bond acceptors (Lipinski definition) is 3. The van der Waals surface area contributed by atoms with E-state index in [0.717, 1.165) is 31.5 Å². The van der Waals surface area contributed by atoms with Crippen molar-refractivity contribution in [2.24, 2.45) is 17.6 Å². The highest BCUT2D eigenvalue weighted by Gasteiger charge is 2.39. The lowest BCUT2D eigenvalue weighted by Gasteiger charge is -2.47. The molecule has 0 aromatic rings. The molecular weight excluding hydrogens is 248 g/mol. The van der Waals surface area contributed by atoms with E-state index in [9.17, 15) is 0 Å². The van der Waals surface area contributed by atoms with Gasteiger partial charge in [0.05, 0.1) is 6.10 Å². The van der Waals surface area contributed by atoms with Crippen LogP contribution >= 0.6 is 0 Å². The molecule has 0 aromatic carbocycles. The van der Waals surface area contributed by atoms with Gasteiger partial charge in [0, 0.05) is 25.2 Å². The maximum atomic E-state index is 6.22. The number of nitrogens with two attached hydrogens (primary N) is 1. The summed E-state index contributed by atoms with van der Waals surface area (Å²) in [4.78, 5) is 2.54. The van der Waals surface area contributed by atoms with Crippen LogP contribution < -0.4 is 5.73 Å². The fourth-order valence-corrected chi connectivity index (χ4v) is 4.30. The zero-order valence-corrected chi connectivity index (χ0v) is 13.7. The molecule has 2 aliphatic rings. The summed E-state index contributed by atoms with van der Waals surface area (Å²) in [7, 11) is 2.27. The predicted molar refractivity (Wildman–Crippen MR) is 84.8 cm³/mol. The molecule has 3 nitrogen and oxygen atoms in total. The summed E-state index contributed by atoms with van der Waals surface area (Å²) in [6, 6.07) is 0. The molecule has 0 bridgehead atoms. The molecule has 118 valence electrons. The van der Waals surface area contributed by atoms with Crippen molar-refractivity contribution >= 4 is 0 Å². The summed E-state index contributed by atoms with van der Waals surface area (Å²) in [6.07, 6.45) is 9.53. The van der Waals surface area contributed by atoms with Crippen LogP contribution in [-0.2, 0) is 4.74 Å². The summed E-state index contributed by atoms with van der Waals surface area (Å²) in [5.74, 6) is 1.66. The van der Waals surface area contributed by atoms with Gasteiger partial charge >= 0.3 is 0 Å². The molecule has 2 N–H and O–H groups in total. The highest BCUT2D eigenvalue weighted by Crippen LogP contribution is 2.38. The van der Waals surface area contributed by atoms with Gasteiger partial charge in [0.1, 0.15) is 0 Å². The Hall–Kier alpha value is -0.120. The number of nitrogens with zero attached hydrogens (tertiary/aromatic N) is 1. The van der Waals surface area contributed by atoms with Gasteiger partial charge in [-0.25, -0.2) is 0 Å². The number of likely N-dealkylation sites (N-methyl/N-ethyl adjacent to an activating group) is 1. The van der Waals surface area contributed by atoms with E-state index >= 15 is 0 Å². The van der Waals surface area contributed by atoms with E-state index in [1.165, 1.54) is 44.9 Å². The van der Waals surface area contributed by atoms with Crippen molar-refractivity contribution in [3.05, 3.63) is 0 Å². The molecule has 2 rings (SSSR count). The lowest BCUT2D eigenvalue weighted by atomic mass is 9.72. The van der Waals surface area contributed by atoms with Crippen LogP contribution in [0.25, 0.3) is 0 Å². The van der Waals surface area contributed by atoms with Gasteiger partial charge in [-0.15, -0.1) is 0 Å². The first-order valence-electron chi connectivity index (χ1n) is 8.58. The van der Waals surface area contributed by atoms with Gasteiger partial charge in [0.15, 0.2) is 0 Å². The molecule has 1 aliphatic heterocycles. The third kappa shape index (κ3) is 3.96. The van der Waals surface area contributed by atoms with Gasteiger partial charge in [-0.3, -0.25) is 4.90 Å². The minimum absolute atomic E-state index is 0.226. The normalized spacial score (nSPS) is 35.1. The third-order valence-electron chi connectivity index (χ3n) is 5.42. The molecule has 0 radical (unpaired) electrons. The van der Waals surface area contributed by atoms with E-state index in [-0.39, 0.29) is 5.54 Å². The van der Waals surface area contributed by atoms with Gasteiger partial charge < -0.3 is 10.5 Å². The summed E-state index contributed by atoms with van der Waals surface area (Å²) in [5.41, 5.74) is 6.45. The molecule has 1 heterocycles. The van der Waals surface area contributed by atoms with Crippen LogP contribution in [0.5, 0.6) is 0 Å². The van der Waals surface area contributed by atoms with Crippen LogP contribution in [0.4, 0.5) is 0 Å². The largest absolute Gasteiger partial charge is 0.377 e. The molecule has 3 atom stereocenters. The number of rotatable bonds is 6. The molecule has 1 saturated heterocycles. The van der Waals surface area contributed by atoms with Crippen LogP contribution in [0, 0.1) is 11.8 Å². The first-order chi connectivity index (χ1) is 9.55. The average molecular weight is 282 g/mol.